The molecule has 4 unspecified atom stereocenters. The Morgan fingerprint density at radius 2 is 1.51 bits per heavy atom. The van der Waals surface area contributed by atoms with Gasteiger partial charge < -0.3 is 43.2 Å². The van der Waals surface area contributed by atoms with Gasteiger partial charge in [0.1, 0.15) is 18.1 Å². The minimum absolute atomic E-state index is 0. The number of anilines is 1. The van der Waals surface area contributed by atoms with Gasteiger partial charge in [-0.1, -0.05) is 38.5 Å². The van der Waals surface area contributed by atoms with Gasteiger partial charge in [0.25, 0.3) is 11.6 Å². The van der Waals surface area contributed by atoms with E-state index in [4.69, 9.17) is 11.5 Å². The number of carboxylic acid groups (broad SMARTS) is 1. The van der Waals surface area contributed by atoms with Crippen LogP contribution < -0.4 is 38.1 Å². The Bertz CT molecular complexity index is 1540. The molecular weight excluding hydrogens is 734 g/mol. The largest absolute Gasteiger partial charge is 0.481 e. The predicted molar refractivity (Wildman–Crippen MR) is 193 cm³/mol. The van der Waals surface area contributed by atoms with Crippen molar-refractivity contribution in [1.82, 2.24) is 21.3 Å². The van der Waals surface area contributed by atoms with E-state index in [1.807, 2.05) is 6.92 Å². The lowest BCUT2D eigenvalue weighted by molar-refractivity contribution is -0.384. The molecular formula is C32H44BrN9O9. The smallest absolute Gasteiger partial charge is 0.303 e. The molecule has 2 rings (SSSR count). The number of non-ortho nitro benzene ring substituents is 1. The Kier molecular flexibility index (Phi) is 18.9. The quantitative estimate of drug-likeness (QED) is 0.0308. The number of hydrogen-bond acceptors (Lipinski definition) is 9. The van der Waals surface area contributed by atoms with E-state index in [2.05, 4.69) is 31.6 Å². The Labute approximate surface area is 304 Å². The molecule has 0 bridgehead atoms. The van der Waals surface area contributed by atoms with Crippen molar-refractivity contribution in [1.29, 1.82) is 0 Å². The van der Waals surface area contributed by atoms with E-state index in [9.17, 15) is 44.0 Å². The molecule has 0 aliphatic heterocycles. The molecule has 2 aromatic carbocycles. The normalized spacial score (nSPS) is 12.7. The average Bonchev–Trinajstić information content (AvgIpc) is 3.08. The van der Waals surface area contributed by atoms with E-state index in [-0.39, 0.29) is 66.0 Å². The zero-order valence-corrected chi connectivity index (χ0v) is 29.8. The number of nitrogens with zero attached hydrogens (tertiary/aromatic N) is 2. The van der Waals surface area contributed by atoms with Crippen LogP contribution in [0.3, 0.4) is 0 Å². The van der Waals surface area contributed by atoms with Crippen LogP contribution in [0.4, 0.5) is 11.4 Å². The number of guanidine groups is 1. The van der Waals surface area contributed by atoms with Crippen LogP contribution in [0.25, 0.3) is 0 Å². The van der Waals surface area contributed by atoms with E-state index < -0.39 is 71.5 Å². The number of aliphatic imine (C=N–C) groups is 1. The van der Waals surface area contributed by atoms with Crippen LogP contribution in [-0.2, 0) is 24.0 Å². The Morgan fingerprint density at radius 1 is 0.882 bits per heavy atom. The van der Waals surface area contributed by atoms with Crippen LogP contribution in [0.1, 0.15) is 56.3 Å². The molecule has 0 radical (unpaired) electrons. The van der Waals surface area contributed by atoms with Crippen LogP contribution in [0.5, 0.6) is 0 Å². The second-order valence-corrected chi connectivity index (χ2v) is 11.3. The monoisotopic (exact) mass is 777 g/mol. The zero-order chi connectivity index (χ0) is 37.2. The van der Waals surface area contributed by atoms with Crippen molar-refractivity contribution in [2.45, 2.75) is 64.1 Å². The fraction of sp³-hybridized carbons (Fsp3) is 0.406. The van der Waals surface area contributed by atoms with Crippen molar-refractivity contribution in [3.05, 3.63) is 70.3 Å². The van der Waals surface area contributed by atoms with E-state index in [0.717, 1.165) is 0 Å². The molecule has 278 valence electrons. The van der Waals surface area contributed by atoms with Crippen molar-refractivity contribution in [3.63, 3.8) is 0 Å². The number of nitrogens with two attached hydrogens (primary N) is 2. The highest BCUT2D eigenvalue weighted by molar-refractivity contribution is 8.93. The molecule has 51 heavy (non-hydrogen) atoms. The summed E-state index contributed by atoms with van der Waals surface area (Å²) in [6.45, 7) is 3.04. The summed E-state index contributed by atoms with van der Waals surface area (Å²) in [7, 11) is 0. The summed E-state index contributed by atoms with van der Waals surface area (Å²) in [5.74, 6) is -5.31. The van der Waals surface area contributed by atoms with Crippen molar-refractivity contribution >= 4 is 69.8 Å². The minimum Gasteiger partial charge on any atom is -0.481 e. The van der Waals surface area contributed by atoms with E-state index in [1.165, 1.54) is 24.3 Å². The lowest BCUT2D eigenvalue weighted by atomic mass is 9.97. The third-order valence-corrected chi connectivity index (χ3v) is 7.46. The minimum atomic E-state index is -1.38. The van der Waals surface area contributed by atoms with Gasteiger partial charge in [0.2, 0.25) is 23.6 Å². The molecule has 5 amide bonds. The second kappa shape index (κ2) is 22.2. The van der Waals surface area contributed by atoms with Crippen LogP contribution in [-0.4, -0.2) is 82.7 Å². The van der Waals surface area contributed by atoms with E-state index in [1.54, 1.807) is 37.3 Å². The average molecular weight is 779 g/mol. The van der Waals surface area contributed by atoms with Gasteiger partial charge in [0.15, 0.2) is 5.96 Å². The number of rotatable bonds is 20. The number of carbonyl (C=O) groups is 6. The lowest BCUT2D eigenvalue weighted by Crippen LogP contribution is -2.56. The van der Waals surface area contributed by atoms with Gasteiger partial charge in [-0.25, -0.2) is 0 Å². The van der Waals surface area contributed by atoms with Gasteiger partial charge in [-0.2, -0.15) is 0 Å². The van der Waals surface area contributed by atoms with Crippen LogP contribution in [0, 0.1) is 16.0 Å². The number of halogens is 1. The highest BCUT2D eigenvalue weighted by Crippen LogP contribution is 2.16. The lowest BCUT2D eigenvalue weighted by Gasteiger charge is -2.26. The molecule has 19 heteroatoms. The number of benzene rings is 2. The van der Waals surface area contributed by atoms with Crippen LogP contribution >= 0.6 is 17.0 Å². The summed E-state index contributed by atoms with van der Waals surface area (Å²) in [4.78, 5) is 90.8. The summed E-state index contributed by atoms with van der Waals surface area (Å²) in [5, 5.41) is 32.8. The molecule has 0 aliphatic rings. The SMILES string of the molecule is Br.CCC(C)C(NC(=O)c1ccccc1)C(=O)NC(CCC(=O)O)C(=O)NCC(=O)NC(CCCN=C(N)N)C(=O)Nc1ccc([N+](=O)[O-])cc1. The van der Waals surface area contributed by atoms with Crippen molar-refractivity contribution < 1.29 is 38.8 Å². The first kappa shape index (κ1) is 43.4. The molecule has 2 aromatic rings. The third kappa shape index (κ3) is 15.7. The first-order valence-corrected chi connectivity index (χ1v) is 15.8. The highest BCUT2D eigenvalue weighted by atomic mass is 79.9. The van der Waals surface area contributed by atoms with Gasteiger partial charge in [-0.3, -0.25) is 43.9 Å². The topological polar surface area (TPSA) is 290 Å². The summed E-state index contributed by atoms with van der Waals surface area (Å²) in [6, 6.07) is 9.63. The maximum Gasteiger partial charge on any atom is 0.303 e. The number of nitro benzene ring substituents is 1. The fourth-order valence-corrected chi connectivity index (χ4v) is 4.52. The molecule has 0 saturated carbocycles. The summed E-state index contributed by atoms with van der Waals surface area (Å²) < 4.78 is 0. The standard InChI is InChI=1S/C32H43N9O9.BrH/c1-3-19(2)27(40-28(45)20-8-5-4-6-9-20)31(48)39-24(15-16-26(43)44)29(46)36-18-25(42)38-23(10-7-17-35-32(33)34)30(47)37-21-11-13-22(14-12-21)41(49)50;/h4-6,8-9,11-14,19,23-24,27H,3,7,10,15-18H2,1-2H3,(H,36,46)(H,37,47)(H,38,42)(H,39,48)(H,40,45)(H,43,44)(H4,33,34,35);1H. The van der Waals surface area contributed by atoms with Crippen LogP contribution in [0.15, 0.2) is 59.6 Å². The number of nitrogens with one attached hydrogen (secondary N) is 5. The van der Waals surface area contributed by atoms with E-state index >= 15 is 0 Å². The summed E-state index contributed by atoms with van der Waals surface area (Å²) >= 11 is 0. The molecule has 0 spiro atoms. The van der Waals surface area contributed by atoms with Gasteiger partial charge in [-0.15, -0.1) is 17.0 Å². The van der Waals surface area contributed by atoms with Gasteiger partial charge >= 0.3 is 5.97 Å². The predicted octanol–water partition coefficient (Wildman–Crippen LogP) is 0.960. The van der Waals surface area contributed by atoms with Crippen molar-refractivity contribution in [2.24, 2.45) is 22.4 Å². The van der Waals surface area contributed by atoms with Crippen molar-refractivity contribution in [3.8, 4) is 0 Å². The number of carboxylic acids is 1. The fourth-order valence-electron chi connectivity index (χ4n) is 4.52. The van der Waals surface area contributed by atoms with Crippen molar-refractivity contribution in [2.75, 3.05) is 18.4 Å². The first-order valence-electron chi connectivity index (χ1n) is 15.8. The summed E-state index contributed by atoms with van der Waals surface area (Å²) in [5.41, 5.74) is 11.0. The molecule has 0 aliphatic carbocycles. The number of nitro groups is 1. The Hall–Kier alpha value is -5.59. The molecule has 0 aromatic heterocycles. The maximum absolute atomic E-state index is 13.4. The molecule has 0 saturated heterocycles. The number of hydrogen-bond donors (Lipinski definition) is 8. The Balaban J connectivity index is 0.0000130. The molecule has 0 heterocycles. The molecule has 18 nitrogen and oxygen atoms in total. The van der Waals surface area contributed by atoms with Gasteiger partial charge in [0.05, 0.1) is 11.5 Å². The number of carbonyl (C=O) groups excluding carboxylic acids is 5. The van der Waals surface area contributed by atoms with E-state index in [0.29, 0.717) is 12.0 Å². The van der Waals surface area contributed by atoms with Crippen LogP contribution in [0.2, 0.25) is 0 Å². The third-order valence-electron chi connectivity index (χ3n) is 7.46. The second-order valence-electron chi connectivity index (χ2n) is 11.3. The van der Waals surface area contributed by atoms with Gasteiger partial charge in [0, 0.05) is 36.3 Å². The first-order chi connectivity index (χ1) is 23.7. The molecule has 0 fully saturated rings. The Morgan fingerprint density at radius 3 is 2.08 bits per heavy atom. The summed E-state index contributed by atoms with van der Waals surface area (Å²) in [6.07, 6.45) is 0.0158. The highest BCUT2D eigenvalue weighted by Gasteiger charge is 2.31. The number of aliphatic carboxylic acids is 1. The van der Waals surface area contributed by atoms with Gasteiger partial charge in [-0.05, 0) is 49.4 Å². The number of amides is 5. The zero-order valence-electron chi connectivity index (χ0n) is 28.1. The maximum atomic E-state index is 13.4. The molecule has 10 N–H and O–H groups in total. The molecule has 4 atom stereocenters.